The third kappa shape index (κ3) is 4.38. The van der Waals surface area contributed by atoms with Crippen LogP contribution in [0, 0.1) is 0 Å². The van der Waals surface area contributed by atoms with Gasteiger partial charge in [0.15, 0.2) is 0 Å². The summed E-state index contributed by atoms with van der Waals surface area (Å²) in [5, 5.41) is 5.61. The van der Waals surface area contributed by atoms with Gasteiger partial charge in [-0.15, -0.1) is 0 Å². The van der Waals surface area contributed by atoms with Crippen LogP contribution < -0.4 is 10.1 Å². The fourth-order valence-corrected chi connectivity index (χ4v) is 1.93. The lowest BCUT2D eigenvalue weighted by molar-refractivity contribution is -0.198. The number of aryl methyl sites for hydroxylation is 1. The number of ether oxygens (including phenoxy) is 1. The number of aromatic nitrogens is 2. The fourth-order valence-electron chi connectivity index (χ4n) is 1.88. The summed E-state index contributed by atoms with van der Waals surface area (Å²) in [5.41, 5.74) is -4.62. The minimum Gasteiger partial charge on any atom is -0.427 e. The summed E-state index contributed by atoms with van der Waals surface area (Å²) in [5.74, 6) is -1.61. The van der Waals surface area contributed by atoms with E-state index in [1.807, 2.05) is 0 Å². The molecule has 2 aromatic rings. The molecular weight excluding hydrogens is 373 g/mol. The van der Waals surface area contributed by atoms with E-state index in [0.29, 0.717) is 0 Å². The van der Waals surface area contributed by atoms with E-state index in [1.54, 1.807) is 0 Å². The Morgan fingerprint density at radius 3 is 2.56 bits per heavy atom. The van der Waals surface area contributed by atoms with Crippen molar-refractivity contribution in [3.8, 4) is 5.75 Å². The normalized spacial score (nSPS) is 13.0. The van der Waals surface area contributed by atoms with Gasteiger partial charge in [0.1, 0.15) is 11.4 Å². The first-order chi connectivity index (χ1) is 11.6. The van der Waals surface area contributed by atoms with E-state index in [9.17, 15) is 26.7 Å². The Labute approximate surface area is 143 Å². The van der Waals surface area contributed by atoms with Crippen LogP contribution in [0.5, 0.6) is 5.75 Å². The van der Waals surface area contributed by atoms with Crippen molar-refractivity contribution in [2.24, 2.45) is 7.05 Å². The molecule has 0 spiro atoms. The van der Waals surface area contributed by atoms with Gasteiger partial charge in [0.05, 0.1) is 11.3 Å². The average molecular weight is 384 g/mol. The highest BCUT2D eigenvalue weighted by atomic mass is 35.5. The smallest absolute Gasteiger partial charge is 0.427 e. The molecule has 0 aliphatic rings. The number of para-hydroxylation sites is 2. The maximum atomic E-state index is 13.3. The van der Waals surface area contributed by atoms with Gasteiger partial charge >= 0.3 is 6.11 Å². The van der Waals surface area contributed by atoms with Gasteiger partial charge in [0, 0.05) is 13.2 Å². The van der Waals surface area contributed by atoms with Crippen LogP contribution in [0.25, 0.3) is 0 Å². The van der Waals surface area contributed by atoms with E-state index in [4.69, 9.17) is 11.6 Å². The number of amides is 1. The molecule has 0 aliphatic carbocycles. The molecule has 11 heteroatoms. The second kappa shape index (κ2) is 7.26. The van der Waals surface area contributed by atoms with Gasteiger partial charge in [-0.25, -0.2) is 13.2 Å². The predicted molar refractivity (Wildman–Crippen MR) is 78.9 cm³/mol. The third-order valence-corrected chi connectivity index (χ3v) is 3.20. The quantitative estimate of drug-likeness (QED) is 0.603. The van der Waals surface area contributed by atoms with Crippen LogP contribution in [-0.2, 0) is 7.05 Å². The van der Waals surface area contributed by atoms with E-state index in [1.165, 1.54) is 25.2 Å². The van der Waals surface area contributed by atoms with Crippen LogP contribution in [-0.4, -0.2) is 27.4 Å². The number of carbonyl (C=O) groups is 1. The van der Waals surface area contributed by atoms with Crippen LogP contribution >= 0.6 is 11.6 Å². The Morgan fingerprint density at radius 1 is 1.32 bits per heavy atom. The van der Waals surface area contributed by atoms with Gasteiger partial charge < -0.3 is 10.1 Å². The second-order valence-electron chi connectivity index (χ2n) is 4.82. The van der Waals surface area contributed by atoms with Gasteiger partial charge in [-0.3, -0.25) is 9.48 Å². The molecule has 5 nitrogen and oxygen atoms in total. The molecule has 1 amide bonds. The monoisotopic (exact) mass is 383 g/mol. The largest absolute Gasteiger partial charge is 0.444 e. The lowest BCUT2D eigenvalue weighted by atomic mass is 10.2. The van der Waals surface area contributed by atoms with Crippen molar-refractivity contribution >= 4 is 23.2 Å². The van der Waals surface area contributed by atoms with E-state index < -0.39 is 41.1 Å². The van der Waals surface area contributed by atoms with Crippen molar-refractivity contribution in [2.45, 2.75) is 18.2 Å². The van der Waals surface area contributed by atoms with Gasteiger partial charge in [0.2, 0.25) is 0 Å². The topological polar surface area (TPSA) is 56.2 Å². The molecule has 1 aromatic carbocycles. The first kappa shape index (κ1) is 19.0. The molecule has 1 heterocycles. The maximum Gasteiger partial charge on any atom is 0.444 e. The number of rotatable bonds is 6. The van der Waals surface area contributed by atoms with Crippen molar-refractivity contribution in [3.63, 3.8) is 0 Å². The molecule has 2 rings (SSSR count). The van der Waals surface area contributed by atoms with Crippen molar-refractivity contribution in [3.05, 3.63) is 41.7 Å². The molecule has 1 atom stereocenters. The molecule has 1 N–H and O–H groups in total. The number of hydrogen-bond acceptors (Lipinski definition) is 3. The summed E-state index contributed by atoms with van der Waals surface area (Å²) in [6, 6.07) is 4.85. The maximum absolute atomic E-state index is 13.3. The Kier molecular flexibility index (Phi) is 5.51. The van der Waals surface area contributed by atoms with E-state index >= 15 is 0 Å². The molecular formula is C14H11ClF5N3O2. The standard InChI is InChI=1S/C14H11ClF5N3O2/c1-23-6-7(10(22-23)11(16)17)12(24)21-8-4-2-3-5-9(8)25-14(19,20)13(15)18/h2-6,11,13H,1H3,(H,21,24). The van der Waals surface area contributed by atoms with Crippen molar-refractivity contribution in [1.29, 1.82) is 0 Å². The number of hydrogen-bond donors (Lipinski definition) is 1. The molecule has 0 saturated carbocycles. The average Bonchev–Trinajstić information content (AvgIpc) is 2.91. The van der Waals surface area contributed by atoms with Crippen molar-refractivity contribution in [1.82, 2.24) is 9.78 Å². The SMILES string of the molecule is Cn1cc(C(=O)Nc2ccccc2OC(F)(F)C(F)Cl)c(C(F)F)n1. The minimum atomic E-state index is -4.36. The molecule has 0 fully saturated rings. The first-order valence-electron chi connectivity index (χ1n) is 6.69. The molecule has 0 bridgehead atoms. The third-order valence-electron chi connectivity index (χ3n) is 2.94. The van der Waals surface area contributed by atoms with Crippen LogP contribution in [0.15, 0.2) is 30.5 Å². The Balaban J connectivity index is 2.28. The summed E-state index contributed by atoms with van der Waals surface area (Å²) in [6.45, 7) is 0. The van der Waals surface area contributed by atoms with E-state index in [0.717, 1.165) is 16.9 Å². The number of alkyl halides is 6. The van der Waals surface area contributed by atoms with Crippen molar-refractivity contribution < 1.29 is 31.5 Å². The van der Waals surface area contributed by atoms with Gasteiger partial charge in [-0.05, 0) is 12.1 Å². The molecule has 0 radical (unpaired) electrons. The van der Waals surface area contributed by atoms with Gasteiger partial charge in [-0.2, -0.15) is 13.9 Å². The van der Waals surface area contributed by atoms with Crippen LogP contribution in [0.4, 0.5) is 27.6 Å². The summed E-state index contributed by atoms with van der Waals surface area (Å²) >= 11 is 4.71. The zero-order chi connectivity index (χ0) is 18.8. The number of nitrogens with one attached hydrogen (secondary N) is 1. The summed E-state index contributed by atoms with van der Waals surface area (Å²) in [6.07, 6.45) is -6.32. The Hall–Kier alpha value is -2.36. The molecule has 0 aliphatic heterocycles. The molecule has 1 aromatic heterocycles. The molecule has 1 unspecified atom stereocenters. The molecule has 136 valence electrons. The van der Waals surface area contributed by atoms with Crippen molar-refractivity contribution in [2.75, 3.05) is 5.32 Å². The number of benzene rings is 1. The summed E-state index contributed by atoms with van der Waals surface area (Å²) < 4.78 is 70.2. The first-order valence-corrected chi connectivity index (χ1v) is 7.12. The zero-order valence-electron chi connectivity index (χ0n) is 12.5. The highest BCUT2D eigenvalue weighted by Gasteiger charge is 2.42. The predicted octanol–water partition coefficient (Wildman–Crippen LogP) is 4.12. The van der Waals surface area contributed by atoms with Crippen LogP contribution in [0.2, 0.25) is 0 Å². The number of anilines is 1. The highest BCUT2D eigenvalue weighted by Crippen LogP contribution is 2.33. The van der Waals surface area contributed by atoms with Crippen LogP contribution in [0.1, 0.15) is 22.5 Å². The fraction of sp³-hybridized carbons (Fsp3) is 0.286. The minimum absolute atomic E-state index is 0.284. The van der Waals surface area contributed by atoms with E-state index in [-0.39, 0.29) is 5.69 Å². The zero-order valence-corrected chi connectivity index (χ0v) is 13.3. The second-order valence-corrected chi connectivity index (χ2v) is 5.20. The summed E-state index contributed by atoms with van der Waals surface area (Å²) in [4.78, 5) is 12.2. The molecule has 0 saturated heterocycles. The summed E-state index contributed by atoms with van der Waals surface area (Å²) in [7, 11) is 1.34. The number of halogens is 6. The number of nitrogens with zero attached hydrogens (tertiary/aromatic N) is 2. The lowest BCUT2D eigenvalue weighted by Crippen LogP contribution is -2.33. The number of carbonyl (C=O) groups excluding carboxylic acids is 1. The Morgan fingerprint density at radius 2 is 1.96 bits per heavy atom. The lowest BCUT2D eigenvalue weighted by Gasteiger charge is -2.19. The van der Waals surface area contributed by atoms with Gasteiger partial charge in [-0.1, -0.05) is 23.7 Å². The van der Waals surface area contributed by atoms with Crippen LogP contribution in [0.3, 0.4) is 0 Å². The Bertz CT molecular complexity index is 767. The van der Waals surface area contributed by atoms with E-state index in [2.05, 4.69) is 15.2 Å². The molecule has 25 heavy (non-hydrogen) atoms. The highest BCUT2D eigenvalue weighted by molar-refractivity contribution is 6.20. The van der Waals surface area contributed by atoms with Gasteiger partial charge in [0.25, 0.3) is 18.0 Å².